The highest BCUT2D eigenvalue weighted by molar-refractivity contribution is 8.00. The molecule has 1 unspecified atom stereocenters. The third-order valence-electron chi connectivity index (χ3n) is 3.38. The zero-order valence-corrected chi connectivity index (χ0v) is 11.7. The van der Waals surface area contributed by atoms with E-state index in [1.807, 2.05) is 11.8 Å². The highest BCUT2D eigenvalue weighted by Crippen LogP contribution is 2.29. The van der Waals surface area contributed by atoms with Gasteiger partial charge in [-0.05, 0) is 31.2 Å². The molecule has 0 bridgehead atoms. The highest BCUT2D eigenvalue weighted by Gasteiger charge is 2.24. The van der Waals surface area contributed by atoms with Crippen LogP contribution in [0.25, 0.3) is 0 Å². The fourth-order valence-corrected chi connectivity index (χ4v) is 2.70. The number of thioether (sulfide) groups is 1. The molecule has 1 aromatic heterocycles. The zero-order chi connectivity index (χ0) is 12.7. The summed E-state index contributed by atoms with van der Waals surface area (Å²) in [6, 6.07) is 3.59. The minimum absolute atomic E-state index is 0.281. The fraction of sp³-hybridized carbons (Fsp3) is 0.692. The summed E-state index contributed by atoms with van der Waals surface area (Å²) in [5.74, 6) is 0.625. The van der Waals surface area contributed by atoms with Gasteiger partial charge in [-0.3, -0.25) is 0 Å². The van der Waals surface area contributed by atoms with Crippen LogP contribution in [-0.4, -0.2) is 29.2 Å². The topological polar surface area (TPSA) is 45.4 Å². The van der Waals surface area contributed by atoms with Crippen molar-refractivity contribution in [3.63, 3.8) is 0 Å². The molecule has 0 saturated heterocycles. The Morgan fingerprint density at radius 3 is 2.65 bits per heavy atom. The zero-order valence-electron chi connectivity index (χ0n) is 10.9. The minimum Gasteiger partial charge on any atom is -0.467 e. The van der Waals surface area contributed by atoms with Crippen molar-refractivity contribution in [3.8, 4) is 0 Å². The molecule has 1 rings (SSSR count). The molecule has 1 atom stereocenters. The molecule has 0 aliphatic rings. The van der Waals surface area contributed by atoms with Gasteiger partial charge >= 0.3 is 0 Å². The first-order chi connectivity index (χ1) is 8.17. The van der Waals surface area contributed by atoms with Crippen molar-refractivity contribution in [2.75, 3.05) is 19.3 Å². The second kappa shape index (κ2) is 7.09. The van der Waals surface area contributed by atoms with Gasteiger partial charge < -0.3 is 14.8 Å². The second-order valence-corrected chi connectivity index (χ2v) is 5.53. The lowest BCUT2D eigenvalue weighted by atomic mass is 10.0. The first kappa shape index (κ1) is 14.6. The Morgan fingerprint density at radius 1 is 1.47 bits per heavy atom. The minimum atomic E-state index is -0.557. The predicted molar refractivity (Wildman–Crippen MR) is 73.4 cm³/mol. The smallest absolute Gasteiger partial charge is 0.133 e. The van der Waals surface area contributed by atoms with E-state index in [1.54, 1.807) is 18.4 Å². The Balaban J connectivity index is 2.36. The van der Waals surface area contributed by atoms with Crippen LogP contribution in [0.5, 0.6) is 0 Å². The second-order valence-electron chi connectivity index (χ2n) is 4.26. The van der Waals surface area contributed by atoms with E-state index in [1.165, 1.54) is 0 Å². The van der Waals surface area contributed by atoms with Gasteiger partial charge in [0.1, 0.15) is 11.9 Å². The van der Waals surface area contributed by atoms with E-state index in [-0.39, 0.29) is 4.75 Å². The van der Waals surface area contributed by atoms with Gasteiger partial charge in [0.25, 0.3) is 0 Å². The van der Waals surface area contributed by atoms with Crippen LogP contribution in [0.3, 0.4) is 0 Å². The van der Waals surface area contributed by atoms with Crippen molar-refractivity contribution in [2.45, 2.75) is 37.5 Å². The number of hydrogen-bond donors (Lipinski definition) is 2. The molecule has 0 saturated carbocycles. The highest BCUT2D eigenvalue weighted by atomic mass is 32.2. The van der Waals surface area contributed by atoms with Crippen LogP contribution in [-0.2, 0) is 0 Å². The van der Waals surface area contributed by atoms with E-state index in [0.717, 1.165) is 19.4 Å². The van der Waals surface area contributed by atoms with Gasteiger partial charge in [0.05, 0.1) is 6.26 Å². The maximum absolute atomic E-state index is 9.86. The van der Waals surface area contributed by atoms with Crippen LogP contribution in [0.2, 0.25) is 0 Å². The maximum atomic E-state index is 9.86. The largest absolute Gasteiger partial charge is 0.467 e. The maximum Gasteiger partial charge on any atom is 0.133 e. The molecule has 0 aliphatic heterocycles. The quantitative estimate of drug-likeness (QED) is 0.751. The van der Waals surface area contributed by atoms with Crippen molar-refractivity contribution in [2.24, 2.45) is 0 Å². The van der Waals surface area contributed by atoms with Crippen LogP contribution in [0.4, 0.5) is 0 Å². The first-order valence-corrected chi connectivity index (χ1v) is 7.37. The number of furan rings is 1. The van der Waals surface area contributed by atoms with Gasteiger partial charge in [-0.2, -0.15) is 11.8 Å². The third kappa shape index (κ3) is 4.05. The molecule has 3 nitrogen and oxygen atoms in total. The van der Waals surface area contributed by atoms with Gasteiger partial charge in [0, 0.05) is 17.8 Å². The first-order valence-electron chi connectivity index (χ1n) is 6.14. The van der Waals surface area contributed by atoms with Gasteiger partial charge in [-0.15, -0.1) is 0 Å². The lowest BCUT2D eigenvalue weighted by molar-refractivity contribution is 0.146. The Bertz CT molecular complexity index is 288. The van der Waals surface area contributed by atoms with Crippen LogP contribution in [0.15, 0.2) is 22.8 Å². The van der Waals surface area contributed by atoms with Gasteiger partial charge in [0.15, 0.2) is 0 Å². The number of hydrogen-bond acceptors (Lipinski definition) is 4. The average Bonchev–Trinajstić information content (AvgIpc) is 2.89. The van der Waals surface area contributed by atoms with Crippen LogP contribution in [0.1, 0.15) is 38.6 Å². The normalized spacial score (nSPS) is 13.9. The van der Waals surface area contributed by atoms with Crippen LogP contribution >= 0.6 is 11.8 Å². The van der Waals surface area contributed by atoms with Crippen molar-refractivity contribution < 1.29 is 9.52 Å². The molecular weight excluding hydrogens is 234 g/mol. The SMILES string of the molecule is CCC(CC)(CNCC(O)c1ccco1)SC. The lowest BCUT2D eigenvalue weighted by Crippen LogP contribution is -2.38. The molecule has 0 fully saturated rings. The molecule has 0 aliphatic carbocycles. The number of nitrogens with one attached hydrogen (secondary N) is 1. The number of rotatable bonds is 8. The van der Waals surface area contributed by atoms with Crippen molar-refractivity contribution in [3.05, 3.63) is 24.2 Å². The van der Waals surface area contributed by atoms with E-state index in [2.05, 4.69) is 25.4 Å². The van der Waals surface area contributed by atoms with Crippen LogP contribution < -0.4 is 5.32 Å². The van der Waals surface area contributed by atoms with Crippen molar-refractivity contribution in [1.29, 1.82) is 0 Å². The molecule has 98 valence electrons. The number of aliphatic hydroxyl groups is 1. The molecule has 0 amide bonds. The molecule has 1 heterocycles. The summed E-state index contributed by atoms with van der Waals surface area (Å²) in [7, 11) is 0. The third-order valence-corrected chi connectivity index (χ3v) is 4.97. The summed E-state index contributed by atoms with van der Waals surface area (Å²) in [6.07, 6.45) is 5.45. The molecular formula is C13H23NO2S. The average molecular weight is 257 g/mol. The summed E-state index contributed by atoms with van der Waals surface area (Å²) in [5, 5.41) is 13.2. The monoisotopic (exact) mass is 257 g/mol. The van der Waals surface area contributed by atoms with E-state index in [0.29, 0.717) is 12.3 Å². The molecule has 17 heavy (non-hydrogen) atoms. The Labute approximate surface area is 108 Å². The summed E-state index contributed by atoms with van der Waals surface area (Å²) < 4.78 is 5.44. The molecule has 0 radical (unpaired) electrons. The predicted octanol–water partition coefficient (Wildman–Crippen LogP) is 2.82. The summed E-state index contributed by atoms with van der Waals surface area (Å²) in [6.45, 7) is 5.88. The fourth-order valence-electron chi connectivity index (χ4n) is 1.88. The Hall–Kier alpha value is -0.450. The Kier molecular flexibility index (Phi) is 6.09. The van der Waals surface area contributed by atoms with Gasteiger partial charge in [-0.25, -0.2) is 0 Å². The van der Waals surface area contributed by atoms with E-state index < -0.39 is 6.10 Å². The van der Waals surface area contributed by atoms with Crippen molar-refractivity contribution >= 4 is 11.8 Å². The summed E-state index contributed by atoms with van der Waals surface area (Å²) >= 11 is 1.90. The standard InChI is InChI=1S/C13H23NO2S/c1-4-13(5-2,17-3)10-14-9-11(15)12-7-6-8-16-12/h6-8,11,14-15H,4-5,9-10H2,1-3H3. The molecule has 4 heteroatoms. The molecule has 1 aromatic rings. The lowest BCUT2D eigenvalue weighted by Gasteiger charge is -2.30. The molecule has 0 spiro atoms. The van der Waals surface area contributed by atoms with Gasteiger partial charge in [-0.1, -0.05) is 13.8 Å². The van der Waals surface area contributed by atoms with E-state index in [9.17, 15) is 5.11 Å². The summed E-state index contributed by atoms with van der Waals surface area (Å²) in [4.78, 5) is 0. The van der Waals surface area contributed by atoms with E-state index >= 15 is 0 Å². The van der Waals surface area contributed by atoms with Gasteiger partial charge in [0.2, 0.25) is 0 Å². The molecule has 0 aromatic carbocycles. The van der Waals surface area contributed by atoms with Crippen molar-refractivity contribution in [1.82, 2.24) is 5.32 Å². The van der Waals surface area contributed by atoms with Crippen LogP contribution in [0, 0.1) is 0 Å². The van der Waals surface area contributed by atoms with E-state index in [4.69, 9.17) is 4.42 Å². The number of aliphatic hydroxyl groups excluding tert-OH is 1. The Morgan fingerprint density at radius 2 is 2.18 bits per heavy atom. The molecule has 2 N–H and O–H groups in total. The summed E-state index contributed by atoms with van der Waals surface area (Å²) in [5.41, 5.74) is 0.